The van der Waals surface area contributed by atoms with E-state index in [1.807, 2.05) is 12.3 Å². The summed E-state index contributed by atoms with van der Waals surface area (Å²) in [7, 11) is 0. The van der Waals surface area contributed by atoms with Crippen molar-refractivity contribution in [1.29, 1.82) is 0 Å². The molecule has 0 aromatic carbocycles. The van der Waals surface area contributed by atoms with Gasteiger partial charge in [-0.05, 0) is 29.9 Å². The van der Waals surface area contributed by atoms with Gasteiger partial charge in [-0.15, -0.1) is 0 Å². The number of fused-ring (bicyclic) bond motifs is 1. The fraction of sp³-hybridized carbons (Fsp3) is 0.545. The van der Waals surface area contributed by atoms with Crippen molar-refractivity contribution in [3.05, 3.63) is 23.5 Å². The average Bonchev–Trinajstić information content (AvgIpc) is 2.66. The maximum atomic E-state index is 10.5. The van der Waals surface area contributed by atoms with Crippen molar-refractivity contribution in [3.63, 3.8) is 0 Å². The van der Waals surface area contributed by atoms with Crippen LogP contribution in [0, 0.1) is 11.8 Å². The maximum Gasteiger partial charge on any atom is 0.166 e. The zero-order chi connectivity index (χ0) is 9.54. The van der Waals surface area contributed by atoms with E-state index in [0.29, 0.717) is 5.69 Å². The average molecular weight is 190 g/mol. The first-order chi connectivity index (χ1) is 6.85. The number of nitrogens with zero attached hydrogens (tertiary/aromatic N) is 1. The van der Waals surface area contributed by atoms with Gasteiger partial charge < -0.3 is 4.98 Å². The van der Waals surface area contributed by atoms with Crippen LogP contribution in [-0.2, 0) is 6.54 Å². The SMILES string of the molecule is O=Cc1cc(CN2CC3C[C@@H]3C2)c[nH]1. The molecule has 1 aromatic rings. The van der Waals surface area contributed by atoms with E-state index in [4.69, 9.17) is 0 Å². The Morgan fingerprint density at radius 2 is 2.29 bits per heavy atom. The van der Waals surface area contributed by atoms with Gasteiger partial charge in [0.1, 0.15) is 0 Å². The summed E-state index contributed by atoms with van der Waals surface area (Å²) in [6.07, 6.45) is 4.25. The molecule has 1 N–H and O–H groups in total. The van der Waals surface area contributed by atoms with Crippen LogP contribution < -0.4 is 0 Å². The van der Waals surface area contributed by atoms with Crippen LogP contribution in [0.3, 0.4) is 0 Å². The van der Waals surface area contributed by atoms with Crippen molar-refractivity contribution in [2.24, 2.45) is 11.8 Å². The minimum atomic E-state index is 0.685. The van der Waals surface area contributed by atoms with E-state index in [-0.39, 0.29) is 0 Å². The molecule has 3 heteroatoms. The molecule has 0 spiro atoms. The van der Waals surface area contributed by atoms with Crippen molar-refractivity contribution in [2.45, 2.75) is 13.0 Å². The van der Waals surface area contributed by atoms with Gasteiger partial charge in [0, 0.05) is 25.8 Å². The van der Waals surface area contributed by atoms with Gasteiger partial charge in [-0.25, -0.2) is 0 Å². The van der Waals surface area contributed by atoms with Crippen LogP contribution in [0.15, 0.2) is 12.3 Å². The molecular weight excluding hydrogens is 176 g/mol. The molecule has 0 bridgehead atoms. The molecule has 0 amide bonds. The molecule has 1 aliphatic heterocycles. The predicted octanol–water partition coefficient (Wildman–Crippen LogP) is 1.28. The van der Waals surface area contributed by atoms with Crippen LogP contribution in [0.4, 0.5) is 0 Å². The maximum absolute atomic E-state index is 10.5. The second-order valence-corrected chi connectivity index (χ2v) is 4.53. The third kappa shape index (κ3) is 1.38. The van der Waals surface area contributed by atoms with E-state index >= 15 is 0 Å². The molecule has 1 aromatic heterocycles. The molecule has 2 fully saturated rings. The van der Waals surface area contributed by atoms with Crippen LogP contribution in [0.5, 0.6) is 0 Å². The summed E-state index contributed by atoms with van der Waals surface area (Å²) in [6.45, 7) is 3.51. The first-order valence-corrected chi connectivity index (χ1v) is 5.20. The molecule has 14 heavy (non-hydrogen) atoms. The second-order valence-electron chi connectivity index (χ2n) is 4.53. The van der Waals surface area contributed by atoms with Gasteiger partial charge in [0.25, 0.3) is 0 Å². The van der Waals surface area contributed by atoms with Gasteiger partial charge in [-0.3, -0.25) is 9.69 Å². The third-order valence-corrected chi connectivity index (χ3v) is 3.35. The van der Waals surface area contributed by atoms with Crippen molar-refractivity contribution < 1.29 is 4.79 Å². The third-order valence-electron chi connectivity index (χ3n) is 3.35. The summed E-state index contributed by atoms with van der Waals surface area (Å²) < 4.78 is 0. The number of rotatable bonds is 3. The van der Waals surface area contributed by atoms with Crippen LogP contribution in [-0.4, -0.2) is 29.3 Å². The molecule has 3 rings (SSSR count). The van der Waals surface area contributed by atoms with Crippen LogP contribution in [0.25, 0.3) is 0 Å². The lowest BCUT2D eigenvalue weighted by molar-refractivity contribution is 0.111. The zero-order valence-corrected chi connectivity index (χ0v) is 8.07. The van der Waals surface area contributed by atoms with Gasteiger partial charge in [0.2, 0.25) is 0 Å². The van der Waals surface area contributed by atoms with Crippen LogP contribution in [0.1, 0.15) is 22.5 Å². The monoisotopic (exact) mass is 190 g/mol. The molecule has 0 radical (unpaired) electrons. The first-order valence-electron chi connectivity index (χ1n) is 5.20. The Morgan fingerprint density at radius 3 is 2.93 bits per heavy atom. The molecule has 1 saturated heterocycles. The standard InChI is InChI=1S/C11H14N2O/c14-7-11-1-8(3-12-11)4-13-5-9-2-10(9)6-13/h1,3,7,9-10,12H,2,4-6H2/t9-,10?/m1/s1. The normalized spacial score (nSPS) is 30.3. The Hall–Kier alpha value is -1.09. The summed E-state index contributed by atoms with van der Waals surface area (Å²) in [6, 6.07) is 1.94. The number of hydrogen-bond acceptors (Lipinski definition) is 2. The fourth-order valence-electron chi connectivity index (χ4n) is 2.50. The Labute approximate surface area is 83.1 Å². The van der Waals surface area contributed by atoms with E-state index < -0.39 is 0 Å². The van der Waals surface area contributed by atoms with Crippen molar-refractivity contribution in [1.82, 2.24) is 9.88 Å². The number of piperidine rings is 1. The van der Waals surface area contributed by atoms with Crippen molar-refractivity contribution in [2.75, 3.05) is 13.1 Å². The number of hydrogen-bond donors (Lipinski definition) is 1. The topological polar surface area (TPSA) is 36.1 Å². The molecule has 2 atom stereocenters. The highest BCUT2D eigenvalue weighted by Crippen LogP contribution is 2.45. The van der Waals surface area contributed by atoms with Crippen LogP contribution >= 0.6 is 0 Å². The lowest BCUT2D eigenvalue weighted by Crippen LogP contribution is -2.21. The fourth-order valence-corrected chi connectivity index (χ4v) is 2.50. The Kier molecular flexibility index (Phi) is 1.74. The Balaban J connectivity index is 1.63. The largest absolute Gasteiger partial charge is 0.359 e. The van der Waals surface area contributed by atoms with Gasteiger partial charge in [-0.1, -0.05) is 0 Å². The highest BCUT2D eigenvalue weighted by atomic mass is 16.1. The molecule has 74 valence electrons. The molecule has 2 heterocycles. The summed E-state index contributed by atoms with van der Waals surface area (Å²) in [5.74, 6) is 1.97. The summed E-state index contributed by atoms with van der Waals surface area (Å²) in [5.41, 5.74) is 1.91. The summed E-state index contributed by atoms with van der Waals surface area (Å²) >= 11 is 0. The number of likely N-dealkylation sites (tertiary alicyclic amines) is 1. The molecule has 1 aliphatic carbocycles. The van der Waals surface area contributed by atoms with E-state index in [9.17, 15) is 4.79 Å². The molecule has 1 saturated carbocycles. The number of carbonyl (C=O) groups is 1. The van der Waals surface area contributed by atoms with Gasteiger partial charge in [-0.2, -0.15) is 0 Å². The van der Waals surface area contributed by atoms with Crippen LogP contribution in [0.2, 0.25) is 0 Å². The van der Waals surface area contributed by atoms with Crippen molar-refractivity contribution in [3.8, 4) is 0 Å². The van der Waals surface area contributed by atoms with Gasteiger partial charge in [0.15, 0.2) is 6.29 Å². The quantitative estimate of drug-likeness (QED) is 0.729. The minimum absolute atomic E-state index is 0.685. The van der Waals surface area contributed by atoms with Gasteiger partial charge in [0.05, 0.1) is 5.69 Å². The summed E-state index contributed by atoms with van der Waals surface area (Å²) in [4.78, 5) is 15.9. The van der Waals surface area contributed by atoms with E-state index in [2.05, 4.69) is 9.88 Å². The van der Waals surface area contributed by atoms with E-state index in [1.165, 1.54) is 25.1 Å². The number of aromatic amines is 1. The zero-order valence-electron chi connectivity index (χ0n) is 8.07. The minimum Gasteiger partial charge on any atom is -0.359 e. The van der Waals surface area contributed by atoms with Gasteiger partial charge >= 0.3 is 0 Å². The lowest BCUT2D eigenvalue weighted by Gasteiger charge is -2.15. The predicted molar refractivity (Wildman–Crippen MR) is 53.1 cm³/mol. The summed E-state index contributed by atoms with van der Waals surface area (Å²) in [5, 5.41) is 0. The second kappa shape index (κ2) is 2.95. The number of H-pyrrole nitrogens is 1. The number of aldehydes is 1. The number of aromatic nitrogens is 1. The number of nitrogens with one attached hydrogen (secondary N) is 1. The lowest BCUT2D eigenvalue weighted by atomic mass is 10.3. The first kappa shape index (κ1) is 8.24. The highest BCUT2D eigenvalue weighted by molar-refractivity contribution is 5.72. The van der Waals surface area contributed by atoms with E-state index in [0.717, 1.165) is 24.7 Å². The Morgan fingerprint density at radius 1 is 1.50 bits per heavy atom. The van der Waals surface area contributed by atoms with Crippen molar-refractivity contribution >= 4 is 6.29 Å². The Bertz CT molecular complexity index is 348. The molecule has 1 unspecified atom stereocenters. The highest BCUT2D eigenvalue weighted by Gasteiger charge is 2.44. The molecule has 2 aliphatic rings. The smallest absolute Gasteiger partial charge is 0.166 e. The molecule has 3 nitrogen and oxygen atoms in total. The van der Waals surface area contributed by atoms with E-state index in [1.54, 1.807) is 0 Å². The number of carbonyl (C=O) groups excluding carboxylic acids is 1. The molecular formula is C11H14N2O.